The molecule has 0 aliphatic rings. The molecule has 0 spiro atoms. The van der Waals surface area contributed by atoms with E-state index in [0.29, 0.717) is 0 Å². The summed E-state index contributed by atoms with van der Waals surface area (Å²) in [7, 11) is 0. The second-order valence-electron chi connectivity index (χ2n) is 2.72. The molecule has 0 amide bonds. The molecule has 1 atom stereocenters. The van der Waals surface area contributed by atoms with Crippen molar-refractivity contribution < 1.29 is 30.3 Å². The van der Waals surface area contributed by atoms with Gasteiger partial charge in [-0.15, -0.1) is 0 Å². The molecule has 0 aliphatic carbocycles. The van der Waals surface area contributed by atoms with Gasteiger partial charge in [0.2, 0.25) is 0 Å². The van der Waals surface area contributed by atoms with Crippen LogP contribution in [0.3, 0.4) is 0 Å². The number of aliphatic carboxylic acids is 1. The summed E-state index contributed by atoms with van der Waals surface area (Å²) in [5.41, 5.74) is -2.27. The zero-order valence-corrected chi connectivity index (χ0v) is 6.56. The fraction of sp³-hybridized carbons (Fsp3) is 0.833. The molecule has 0 saturated heterocycles. The van der Waals surface area contributed by atoms with Gasteiger partial charge in [0.1, 0.15) is 5.60 Å². The summed E-state index contributed by atoms with van der Waals surface area (Å²) < 4.78 is 0. The van der Waals surface area contributed by atoms with Crippen molar-refractivity contribution in [3.05, 3.63) is 0 Å². The third-order valence-electron chi connectivity index (χ3n) is 1.65. The fourth-order valence-corrected chi connectivity index (χ4v) is 0.622. The van der Waals surface area contributed by atoms with Gasteiger partial charge in [-0.3, -0.25) is 0 Å². The van der Waals surface area contributed by atoms with Crippen molar-refractivity contribution in [2.24, 2.45) is 0 Å². The predicted molar refractivity (Wildman–Crippen MR) is 37.1 cm³/mol. The lowest BCUT2D eigenvalue weighted by Crippen LogP contribution is -2.58. The maximum Gasteiger partial charge on any atom is 0.367 e. The molecule has 72 valence electrons. The highest BCUT2D eigenvalue weighted by Crippen LogP contribution is 2.22. The molecular weight excluding hydrogens is 168 g/mol. The van der Waals surface area contributed by atoms with Crippen molar-refractivity contribution in [2.75, 3.05) is 6.61 Å². The summed E-state index contributed by atoms with van der Waals surface area (Å²) in [6.07, 6.45) is -0.438. The van der Waals surface area contributed by atoms with Crippen LogP contribution in [-0.2, 0) is 4.79 Å². The molecule has 0 fully saturated rings. The lowest BCUT2D eigenvalue weighted by molar-refractivity contribution is -0.269. The maximum atomic E-state index is 10.2. The summed E-state index contributed by atoms with van der Waals surface area (Å²) in [6.45, 7) is 0.375. The Morgan fingerprint density at radius 1 is 1.33 bits per heavy atom. The van der Waals surface area contributed by atoms with E-state index < -0.39 is 30.4 Å². The molecule has 0 radical (unpaired) electrons. The van der Waals surface area contributed by atoms with Gasteiger partial charge in [0.25, 0.3) is 5.79 Å². The molecule has 5 N–H and O–H groups in total. The van der Waals surface area contributed by atoms with E-state index in [9.17, 15) is 9.90 Å². The van der Waals surface area contributed by atoms with Crippen LogP contribution < -0.4 is 0 Å². The number of hydrogen-bond donors (Lipinski definition) is 5. The average Bonchev–Trinajstić information content (AvgIpc) is 1.86. The van der Waals surface area contributed by atoms with Crippen molar-refractivity contribution in [2.45, 2.75) is 24.7 Å². The molecule has 0 unspecified atom stereocenters. The van der Waals surface area contributed by atoms with Crippen LogP contribution in [0, 0.1) is 0 Å². The number of hydrogen-bond acceptors (Lipinski definition) is 5. The molecule has 6 nitrogen and oxygen atoms in total. The van der Waals surface area contributed by atoms with E-state index in [2.05, 4.69) is 0 Å². The van der Waals surface area contributed by atoms with Crippen LogP contribution in [0.5, 0.6) is 0 Å². The second kappa shape index (κ2) is 3.36. The summed E-state index contributed by atoms with van der Waals surface area (Å²) in [5, 5.41) is 43.5. The van der Waals surface area contributed by atoms with E-state index in [1.54, 1.807) is 0 Å². The highest BCUT2D eigenvalue weighted by atomic mass is 16.6. The van der Waals surface area contributed by atoms with Gasteiger partial charge in [0.15, 0.2) is 0 Å². The smallest absolute Gasteiger partial charge is 0.367 e. The van der Waals surface area contributed by atoms with Crippen molar-refractivity contribution >= 4 is 5.97 Å². The first-order chi connectivity index (χ1) is 5.25. The molecule has 0 aromatic carbocycles. The molecule has 0 heterocycles. The van der Waals surface area contributed by atoms with Gasteiger partial charge in [-0.2, -0.15) is 0 Å². The molecule has 6 heteroatoms. The van der Waals surface area contributed by atoms with Gasteiger partial charge < -0.3 is 25.5 Å². The number of carboxylic acids is 1. The summed E-state index contributed by atoms with van der Waals surface area (Å²) in [5.74, 6) is -5.20. The minimum absolute atomic E-state index is 0.438. The van der Waals surface area contributed by atoms with Crippen molar-refractivity contribution in [1.29, 1.82) is 0 Å². The standard InChI is InChI=1S/C6H12O6/c1-5(10,2-3-7)6(11,12)4(8)9/h7,10-12H,2-3H2,1H3,(H,8,9)/t5-/m1/s1. The van der Waals surface area contributed by atoms with E-state index in [1.807, 2.05) is 0 Å². The molecule has 0 aliphatic heterocycles. The highest BCUT2D eigenvalue weighted by molar-refractivity contribution is 5.76. The monoisotopic (exact) mass is 180 g/mol. The lowest BCUT2D eigenvalue weighted by Gasteiger charge is -2.32. The number of aliphatic hydroxyl groups is 4. The van der Waals surface area contributed by atoms with Crippen molar-refractivity contribution in [1.82, 2.24) is 0 Å². The quantitative estimate of drug-likeness (QED) is 0.316. The van der Waals surface area contributed by atoms with E-state index >= 15 is 0 Å². The van der Waals surface area contributed by atoms with Crippen molar-refractivity contribution in [3.8, 4) is 0 Å². The first-order valence-corrected chi connectivity index (χ1v) is 3.27. The number of carbonyl (C=O) groups is 1. The molecule has 0 rings (SSSR count). The van der Waals surface area contributed by atoms with Crippen LogP contribution in [0.4, 0.5) is 0 Å². The van der Waals surface area contributed by atoms with Crippen LogP contribution in [0.1, 0.15) is 13.3 Å². The Kier molecular flexibility index (Phi) is 3.17. The van der Waals surface area contributed by atoms with Gasteiger partial charge >= 0.3 is 5.97 Å². The Morgan fingerprint density at radius 2 is 1.75 bits per heavy atom. The predicted octanol–water partition coefficient (Wildman–Crippen LogP) is -2.11. The Balaban J connectivity index is 4.62. The van der Waals surface area contributed by atoms with E-state index in [1.165, 1.54) is 0 Å². The first-order valence-electron chi connectivity index (χ1n) is 3.27. The topological polar surface area (TPSA) is 118 Å². The van der Waals surface area contributed by atoms with Crippen LogP contribution in [0.25, 0.3) is 0 Å². The minimum Gasteiger partial charge on any atom is -0.477 e. The molecule has 12 heavy (non-hydrogen) atoms. The van der Waals surface area contributed by atoms with Gasteiger partial charge in [0.05, 0.1) is 0 Å². The summed E-state index contributed by atoms with van der Waals surface area (Å²) in [6, 6.07) is 0. The Hall–Kier alpha value is -0.690. The molecule has 0 bridgehead atoms. The number of aliphatic hydroxyl groups excluding tert-OH is 1. The summed E-state index contributed by atoms with van der Waals surface area (Å²) in [4.78, 5) is 10.2. The first kappa shape index (κ1) is 11.3. The van der Waals surface area contributed by atoms with Crippen LogP contribution in [-0.4, -0.2) is 49.5 Å². The largest absolute Gasteiger partial charge is 0.477 e. The van der Waals surface area contributed by atoms with Gasteiger partial charge in [-0.25, -0.2) is 4.79 Å². The average molecular weight is 180 g/mol. The second-order valence-corrected chi connectivity index (χ2v) is 2.72. The Bertz CT molecular complexity index is 173. The van der Waals surface area contributed by atoms with Crippen LogP contribution in [0.15, 0.2) is 0 Å². The molecule has 0 aromatic heterocycles. The SMILES string of the molecule is C[C@@](O)(CCO)C(O)(O)C(=O)O. The van der Waals surface area contributed by atoms with Gasteiger partial charge in [-0.05, 0) is 6.92 Å². The Labute approximate surface area is 68.7 Å². The number of rotatable bonds is 4. The fourth-order valence-electron chi connectivity index (χ4n) is 0.622. The molecule has 0 saturated carbocycles. The van der Waals surface area contributed by atoms with E-state index in [-0.39, 0.29) is 0 Å². The van der Waals surface area contributed by atoms with E-state index in [4.69, 9.17) is 20.4 Å². The zero-order chi connectivity index (χ0) is 9.99. The highest BCUT2D eigenvalue weighted by Gasteiger charge is 2.50. The van der Waals surface area contributed by atoms with Crippen molar-refractivity contribution in [3.63, 3.8) is 0 Å². The molecule has 0 aromatic rings. The van der Waals surface area contributed by atoms with E-state index in [0.717, 1.165) is 6.92 Å². The Morgan fingerprint density at radius 3 is 2.00 bits per heavy atom. The van der Waals surface area contributed by atoms with Crippen LogP contribution >= 0.6 is 0 Å². The third kappa shape index (κ3) is 1.92. The summed E-state index contributed by atoms with van der Waals surface area (Å²) >= 11 is 0. The normalized spacial score (nSPS) is 17.1. The van der Waals surface area contributed by atoms with Crippen LogP contribution in [0.2, 0.25) is 0 Å². The maximum absolute atomic E-state index is 10.2. The lowest BCUT2D eigenvalue weighted by atomic mass is 9.92. The zero-order valence-electron chi connectivity index (χ0n) is 6.56. The van der Waals surface area contributed by atoms with Gasteiger partial charge in [0, 0.05) is 13.0 Å². The van der Waals surface area contributed by atoms with Gasteiger partial charge in [-0.1, -0.05) is 0 Å². The molecular formula is C6H12O6. The third-order valence-corrected chi connectivity index (χ3v) is 1.65. The number of carboxylic acid groups (broad SMARTS) is 1. The minimum atomic E-state index is -3.24.